The summed E-state index contributed by atoms with van der Waals surface area (Å²) in [6.45, 7) is 1.79. The quantitative estimate of drug-likeness (QED) is 0.396. The van der Waals surface area contributed by atoms with Gasteiger partial charge in [-0.05, 0) is 54.8 Å². The lowest BCUT2D eigenvalue weighted by Gasteiger charge is -2.17. The smallest absolute Gasteiger partial charge is 0.422 e. The second-order valence-electron chi connectivity index (χ2n) is 8.27. The minimum absolute atomic E-state index is 0.151. The summed E-state index contributed by atoms with van der Waals surface area (Å²) in [6.07, 6.45) is -10.1. The molecule has 4 rings (SSSR count). The van der Waals surface area contributed by atoms with Crippen LogP contribution in [-0.4, -0.2) is 29.4 Å². The van der Waals surface area contributed by atoms with Crippen LogP contribution in [0.2, 0.25) is 0 Å². The SMILES string of the molecule is Cc1cc(-c2cccc(C3=Nc4cc(OCC(F)(F)F)c(C(F)(F)F)cc4NC(=O)C3)c2)cc(C)n1. The molecule has 0 saturated carbocycles. The van der Waals surface area contributed by atoms with Crippen molar-refractivity contribution in [3.8, 4) is 16.9 Å². The summed E-state index contributed by atoms with van der Waals surface area (Å²) in [5.41, 5.74) is 2.17. The lowest BCUT2D eigenvalue weighted by molar-refractivity contribution is -0.158. The van der Waals surface area contributed by atoms with Gasteiger partial charge in [-0.3, -0.25) is 9.78 Å². The van der Waals surface area contributed by atoms with Crippen LogP contribution in [0, 0.1) is 13.8 Å². The zero-order valence-corrected chi connectivity index (χ0v) is 19.0. The van der Waals surface area contributed by atoms with Crippen LogP contribution < -0.4 is 10.1 Å². The van der Waals surface area contributed by atoms with Gasteiger partial charge in [0.2, 0.25) is 5.91 Å². The number of ether oxygens (including phenoxy) is 1. The van der Waals surface area contributed by atoms with Crippen molar-refractivity contribution >= 4 is 23.0 Å². The molecule has 1 aromatic heterocycles. The van der Waals surface area contributed by atoms with Gasteiger partial charge in [-0.1, -0.05) is 18.2 Å². The average Bonchev–Trinajstić information content (AvgIpc) is 2.93. The monoisotopic (exact) mass is 507 g/mol. The lowest BCUT2D eigenvalue weighted by atomic mass is 9.99. The first kappa shape index (κ1) is 25.2. The largest absolute Gasteiger partial charge is 0.483 e. The first-order chi connectivity index (χ1) is 16.8. The van der Waals surface area contributed by atoms with Crippen LogP contribution in [-0.2, 0) is 11.0 Å². The number of carbonyl (C=O) groups is 1. The highest BCUT2D eigenvalue weighted by atomic mass is 19.4. The van der Waals surface area contributed by atoms with Gasteiger partial charge in [-0.25, -0.2) is 4.99 Å². The van der Waals surface area contributed by atoms with Crippen LogP contribution in [0.5, 0.6) is 5.75 Å². The predicted molar refractivity (Wildman–Crippen MR) is 122 cm³/mol. The zero-order chi connectivity index (χ0) is 26.3. The third kappa shape index (κ3) is 5.84. The summed E-state index contributed by atoms with van der Waals surface area (Å²) in [4.78, 5) is 21.2. The third-order valence-electron chi connectivity index (χ3n) is 5.26. The van der Waals surface area contributed by atoms with E-state index >= 15 is 0 Å². The molecule has 0 unspecified atom stereocenters. The normalized spacial score (nSPS) is 14.0. The number of hydrogen-bond donors (Lipinski definition) is 1. The fourth-order valence-corrected chi connectivity index (χ4v) is 3.84. The first-order valence-electron chi connectivity index (χ1n) is 10.7. The maximum absolute atomic E-state index is 13.5. The Morgan fingerprint density at radius 1 is 0.917 bits per heavy atom. The Morgan fingerprint density at radius 2 is 1.58 bits per heavy atom. The molecule has 0 saturated heterocycles. The molecule has 1 amide bonds. The standard InChI is InChI=1S/C25H19F6N3O2/c1-13-6-17(7-14(2)32-13)15-4-3-5-16(8-15)19-11-23(35)34-20-9-18(25(29,30)31)22(10-21(20)33-19)36-12-24(26,27)28/h3-10H,11-12H2,1-2H3,(H,34,35). The van der Waals surface area contributed by atoms with Gasteiger partial charge in [0, 0.05) is 17.5 Å². The molecule has 0 bridgehead atoms. The van der Waals surface area contributed by atoms with E-state index in [-0.39, 0.29) is 23.5 Å². The molecule has 1 aliphatic rings. The summed E-state index contributed by atoms with van der Waals surface area (Å²) in [6, 6.07) is 12.1. The Labute approximate surface area is 201 Å². The van der Waals surface area contributed by atoms with Crippen molar-refractivity contribution in [3.05, 3.63) is 71.0 Å². The van der Waals surface area contributed by atoms with Crippen molar-refractivity contribution in [2.24, 2.45) is 4.99 Å². The Bertz CT molecular complexity index is 1340. The maximum atomic E-state index is 13.5. The summed E-state index contributed by atoms with van der Waals surface area (Å²) >= 11 is 0. The number of hydrogen-bond acceptors (Lipinski definition) is 4. The van der Waals surface area contributed by atoms with Crippen molar-refractivity contribution in [3.63, 3.8) is 0 Å². The fraction of sp³-hybridized carbons (Fsp3) is 0.240. The lowest BCUT2D eigenvalue weighted by Crippen LogP contribution is -2.21. The van der Waals surface area contributed by atoms with E-state index < -0.39 is 36.2 Å². The number of aliphatic imine (C=N–C) groups is 1. The topological polar surface area (TPSA) is 63.6 Å². The number of aryl methyl sites for hydroxylation is 2. The van der Waals surface area contributed by atoms with E-state index in [0.717, 1.165) is 28.6 Å². The highest BCUT2D eigenvalue weighted by molar-refractivity contribution is 6.17. The number of benzene rings is 2. The highest BCUT2D eigenvalue weighted by Crippen LogP contribution is 2.43. The van der Waals surface area contributed by atoms with Gasteiger partial charge in [0.15, 0.2) is 6.61 Å². The number of anilines is 1. The second-order valence-corrected chi connectivity index (χ2v) is 8.27. The van der Waals surface area contributed by atoms with Gasteiger partial charge in [-0.15, -0.1) is 0 Å². The van der Waals surface area contributed by atoms with E-state index in [4.69, 9.17) is 0 Å². The fourth-order valence-electron chi connectivity index (χ4n) is 3.84. The van der Waals surface area contributed by atoms with E-state index in [1.54, 1.807) is 18.2 Å². The molecular weight excluding hydrogens is 488 g/mol. The molecule has 188 valence electrons. The molecule has 0 fully saturated rings. The van der Waals surface area contributed by atoms with E-state index in [1.165, 1.54) is 0 Å². The van der Waals surface area contributed by atoms with Gasteiger partial charge >= 0.3 is 12.4 Å². The van der Waals surface area contributed by atoms with Crippen LogP contribution in [0.25, 0.3) is 11.1 Å². The molecule has 3 aromatic rings. The Morgan fingerprint density at radius 3 is 2.22 bits per heavy atom. The number of nitrogens with zero attached hydrogens (tertiary/aromatic N) is 2. The van der Waals surface area contributed by atoms with Crippen LogP contribution in [0.1, 0.15) is 28.9 Å². The van der Waals surface area contributed by atoms with Crippen molar-refractivity contribution in [1.29, 1.82) is 0 Å². The molecule has 2 aromatic carbocycles. The number of halogens is 6. The highest BCUT2D eigenvalue weighted by Gasteiger charge is 2.38. The van der Waals surface area contributed by atoms with Gasteiger partial charge in [0.25, 0.3) is 0 Å². The maximum Gasteiger partial charge on any atom is 0.422 e. The number of rotatable bonds is 4. The van der Waals surface area contributed by atoms with Crippen molar-refractivity contribution < 1.29 is 35.9 Å². The van der Waals surface area contributed by atoms with Crippen molar-refractivity contribution in [2.45, 2.75) is 32.6 Å². The van der Waals surface area contributed by atoms with E-state index in [1.807, 2.05) is 32.0 Å². The van der Waals surface area contributed by atoms with Crippen molar-refractivity contribution in [1.82, 2.24) is 4.98 Å². The van der Waals surface area contributed by atoms with E-state index in [2.05, 4.69) is 20.0 Å². The molecule has 0 spiro atoms. The number of alkyl halides is 6. The van der Waals surface area contributed by atoms with Crippen LogP contribution in [0.3, 0.4) is 0 Å². The molecule has 11 heteroatoms. The zero-order valence-electron chi connectivity index (χ0n) is 19.0. The number of pyridine rings is 1. The summed E-state index contributed by atoms with van der Waals surface area (Å²) < 4.78 is 83.0. The Kier molecular flexibility index (Phi) is 6.50. The van der Waals surface area contributed by atoms with Crippen LogP contribution in [0.4, 0.5) is 37.7 Å². The van der Waals surface area contributed by atoms with Gasteiger partial charge in [0.1, 0.15) is 5.75 Å². The molecular formula is C25H19F6N3O2. The number of amides is 1. The molecule has 1 N–H and O–H groups in total. The number of carbonyl (C=O) groups excluding carboxylic acids is 1. The molecule has 0 aliphatic carbocycles. The predicted octanol–water partition coefficient (Wildman–Crippen LogP) is 6.79. The first-order valence-corrected chi connectivity index (χ1v) is 10.7. The van der Waals surface area contributed by atoms with Crippen LogP contribution >= 0.6 is 0 Å². The summed E-state index contributed by atoms with van der Waals surface area (Å²) in [5, 5.41) is 2.36. The van der Waals surface area contributed by atoms with E-state index in [9.17, 15) is 31.1 Å². The summed E-state index contributed by atoms with van der Waals surface area (Å²) in [7, 11) is 0. The number of aromatic nitrogens is 1. The average molecular weight is 507 g/mol. The molecule has 36 heavy (non-hydrogen) atoms. The molecule has 5 nitrogen and oxygen atoms in total. The van der Waals surface area contributed by atoms with E-state index in [0.29, 0.717) is 11.6 Å². The second kappa shape index (κ2) is 9.29. The van der Waals surface area contributed by atoms with Crippen molar-refractivity contribution in [2.75, 3.05) is 11.9 Å². The Balaban J connectivity index is 1.80. The third-order valence-corrected chi connectivity index (χ3v) is 5.26. The van der Waals surface area contributed by atoms with Gasteiger partial charge in [-0.2, -0.15) is 26.3 Å². The Hall–Kier alpha value is -3.89. The minimum Gasteiger partial charge on any atom is -0.483 e. The number of nitrogens with one attached hydrogen (secondary N) is 1. The summed E-state index contributed by atoms with van der Waals surface area (Å²) in [5.74, 6) is -1.65. The molecule has 1 aliphatic heterocycles. The molecule has 0 radical (unpaired) electrons. The minimum atomic E-state index is -5.02. The van der Waals surface area contributed by atoms with Gasteiger partial charge < -0.3 is 10.1 Å². The number of fused-ring (bicyclic) bond motifs is 1. The molecule has 0 atom stereocenters. The molecule has 2 heterocycles. The van der Waals surface area contributed by atoms with Gasteiger partial charge in [0.05, 0.1) is 29.1 Å². The van der Waals surface area contributed by atoms with Crippen LogP contribution in [0.15, 0.2) is 53.5 Å².